The highest BCUT2D eigenvalue weighted by atomic mass is 19.4. The quantitative estimate of drug-likeness (QED) is 0.731. The number of aromatic nitrogens is 1. The third kappa shape index (κ3) is 3.58. The molecule has 1 heterocycles. The standard InChI is InChI=1S/C19H13F3N2O3/c1-11-4-2-7-15-16(11)14(9-23)17(18(25)26)24(15)10-12-5-3-6-13(8-12)27-19(20,21)22/h2-8H,10H2,1H3,(H,25,26). The molecule has 138 valence electrons. The monoisotopic (exact) mass is 374 g/mol. The Morgan fingerprint density at radius 1 is 1.26 bits per heavy atom. The van der Waals surface area contributed by atoms with E-state index in [0.717, 1.165) is 11.6 Å². The van der Waals surface area contributed by atoms with Gasteiger partial charge >= 0.3 is 12.3 Å². The number of aryl methyl sites for hydroxylation is 1. The minimum absolute atomic E-state index is 0.0262. The van der Waals surface area contributed by atoms with Gasteiger partial charge in [0, 0.05) is 11.9 Å². The van der Waals surface area contributed by atoms with Crippen molar-refractivity contribution < 1.29 is 27.8 Å². The van der Waals surface area contributed by atoms with Crippen LogP contribution in [0.3, 0.4) is 0 Å². The molecule has 0 amide bonds. The number of ether oxygens (including phenoxy) is 1. The first-order valence-corrected chi connectivity index (χ1v) is 7.81. The van der Waals surface area contributed by atoms with Gasteiger partial charge in [0.2, 0.25) is 0 Å². The van der Waals surface area contributed by atoms with Crippen molar-refractivity contribution in [1.29, 1.82) is 5.26 Å². The Bertz CT molecular complexity index is 1080. The lowest BCUT2D eigenvalue weighted by molar-refractivity contribution is -0.274. The summed E-state index contributed by atoms with van der Waals surface area (Å²) in [5, 5.41) is 19.6. The number of carboxylic acid groups (broad SMARTS) is 1. The fourth-order valence-electron chi connectivity index (χ4n) is 3.10. The van der Waals surface area contributed by atoms with Gasteiger partial charge in [-0.1, -0.05) is 24.3 Å². The van der Waals surface area contributed by atoms with Crippen LogP contribution in [0.4, 0.5) is 13.2 Å². The van der Waals surface area contributed by atoms with E-state index in [-0.39, 0.29) is 17.8 Å². The highest BCUT2D eigenvalue weighted by Gasteiger charge is 2.31. The van der Waals surface area contributed by atoms with E-state index in [1.54, 1.807) is 31.2 Å². The Kier molecular flexibility index (Phi) is 4.54. The molecule has 1 N–H and O–H groups in total. The van der Waals surface area contributed by atoms with Gasteiger partial charge in [0.15, 0.2) is 0 Å². The number of fused-ring (bicyclic) bond motifs is 1. The summed E-state index contributed by atoms with van der Waals surface area (Å²) in [6, 6.07) is 12.4. The van der Waals surface area contributed by atoms with Gasteiger partial charge in [0.1, 0.15) is 17.5 Å². The highest BCUT2D eigenvalue weighted by Crippen LogP contribution is 2.30. The van der Waals surface area contributed by atoms with Crippen LogP contribution in [0.25, 0.3) is 10.9 Å². The van der Waals surface area contributed by atoms with Crippen LogP contribution in [0, 0.1) is 18.3 Å². The Labute approximate surface area is 151 Å². The number of benzene rings is 2. The third-order valence-corrected chi connectivity index (χ3v) is 4.09. The lowest BCUT2D eigenvalue weighted by atomic mass is 10.1. The first-order chi connectivity index (χ1) is 12.7. The molecule has 0 aliphatic heterocycles. The maximum Gasteiger partial charge on any atom is 0.573 e. The predicted octanol–water partition coefficient (Wildman–Crippen LogP) is 4.47. The van der Waals surface area contributed by atoms with Crippen LogP contribution < -0.4 is 4.74 Å². The molecule has 0 bridgehead atoms. The predicted molar refractivity (Wildman–Crippen MR) is 90.6 cm³/mol. The van der Waals surface area contributed by atoms with Gasteiger partial charge in [0.25, 0.3) is 0 Å². The molecular weight excluding hydrogens is 361 g/mol. The number of carbonyl (C=O) groups is 1. The fourth-order valence-corrected chi connectivity index (χ4v) is 3.10. The van der Waals surface area contributed by atoms with Crippen molar-refractivity contribution in [2.45, 2.75) is 19.8 Å². The smallest absolute Gasteiger partial charge is 0.477 e. The minimum Gasteiger partial charge on any atom is -0.477 e. The Morgan fingerprint density at radius 2 is 1.96 bits per heavy atom. The molecule has 0 aliphatic carbocycles. The zero-order chi connectivity index (χ0) is 19.8. The van der Waals surface area contributed by atoms with E-state index in [4.69, 9.17) is 0 Å². The number of rotatable bonds is 4. The first-order valence-electron chi connectivity index (χ1n) is 7.81. The lowest BCUT2D eigenvalue weighted by Gasteiger charge is -2.12. The van der Waals surface area contributed by atoms with Gasteiger partial charge in [-0.15, -0.1) is 13.2 Å². The SMILES string of the molecule is Cc1cccc2c1c(C#N)c(C(=O)O)n2Cc1cccc(OC(F)(F)F)c1. The zero-order valence-electron chi connectivity index (χ0n) is 14.0. The molecule has 5 nitrogen and oxygen atoms in total. The largest absolute Gasteiger partial charge is 0.573 e. The zero-order valence-corrected chi connectivity index (χ0v) is 14.0. The Hall–Kier alpha value is -3.47. The van der Waals surface area contributed by atoms with E-state index in [2.05, 4.69) is 4.74 Å². The molecule has 2 aromatic carbocycles. The maximum atomic E-state index is 12.4. The molecule has 27 heavy (non-hydrogen) atoms. The summed E-state index contributed by atoms with van der Waals surface area (Å²) < 4.78 is 42.6. The van der Waals surface area contributed by atoms with Crippen molar-refractivity contribution in [3.8, 4) is 11.8 Å². The second kappa shape index (κ2) is 6.68. The van der Waals surface area contributed by atoms with E-state index in [1.165, 1.54) is 16.7 Å². The summed E-state index contributed by atoms with van der Waals surface area (Å²) in [5.41, 5.74) is 1.48. The fraction of sp³-hybridized carbons (Fsp3) is 0.158. The number of nitriles is 1. The number of halogens is 3. The highest BCUT2D eigenvalue weighted by molar-refractivity contribution is 6.01. The summed E-state index contributed by atoms with van der Waals surface area (Å²) in [6.07, 6.45) is -4.82. The average molecular weight is 374 g/mol. The van der Waals surface area contributed by atoms with E-state index < -0.39 is 18.1 Å². The Balaban J connectivity index is 2.15. The summed E-state index contributed by atoms with van der Waals surface area (Å²) in [5.74, 6) is -1.69. The summed E-state index contributed by atoms with van der Waals surface area (Å²) in [7, 11) is 0. The summed E-state index contributed by atoms with van der Waals surface area (Å²) in [6.45, 7) is 1.73. The molecule has 0 unspecified atom stereocenters. The van der Waals surface area contributed by atoms with Crippen molar-refractivity contribution in [3.05, 3.63) is 64.8 Å². The molecule has 0 fully saturated rings. The number of hydrogen-bond acceptors (Lipinski definition) is 3. The van der Waals surface area contributed by atoms with Gasteiger partial charge in [-0.05, 0) is 36.2 Å². The Morgan fingerprint density at radius 3 is 2.59 bits per heavy atom. The molecule has 3 rings (SSSR count). The first kappa shape index (κ1) is 18.3. The minimum atomic E-state index is -4.82. The van der Waals surface area contributed by atoms with Gasteiger partial charge in [-0.25, -0.2) is 4.79 Å². The number of hydrogen-bond donors (Lipinski definition) is 1. The third-order valence-electron chi connectivity index (χ3n) is 4.09. The molecule has 3 aromatic rings. The summed E-state index contributed by atoms with van der Waals surface area (Å²) in [4.78, 5) is 11.8. The molecule has 8 heteroatoms. The molecule has 0 saturated heterocycles. The number of alkyl halides is 3. The van der Waals surface area contributed by atoms with Gasteiger partial charge < -0.3 is 14.4 Å². The van der Waals surface area contributed by atoms with E-state index in [1.807, 2.05) is 6.07 Å². The van der Waals surface area contributed by atoms with Crippen molar-refractivity contribution in [2.24, 2.45) is 0 Å². The number of carboxylic acids is 1. The second-order valence-corrected chi connectivity index (χ2v) is 5.89. The molecule has 0 atom stereocenters. The van der Waals surface area contributed by atoms with Crippen molar-refractivity contribution in [2.75, 3.05) is 0 Å². The second-order valence-electron chi connectivity index (χ2n) is 5.89. The van der Waals surface area contributed by atoms with E-state index >= 15 is 0 Å². The van der Waals surface area contributed by atoms with Gasteiger partial charge in [-0.2, -0.15) is 5.26 Å². The van der Waals surface area contributed by atoms with Crippen LogP contribution in [0.5, 0.6) is 5.75 Å². The van der Waals surface area contributed by atoms with Crippen LogP contribution in [-0.2, 0) is 6.54 Å². The van der Waals surface area contributed by atoms with Crippen LogP contribution in [0.2, 0.25) is 0 Å². The molecule has 0 aliphatic rings. The van der Waals surface area contributed by atoms with Crippen molar-refractivity contribution in [3.63, 3.8) is 0 Å². The molecule has 0 spiro atoms. The molecular formula is C19H13F3N2O3. The molecule has 0 saturated carbocycles. The van der Waals surface area contributed by atoms with E-state index in [9.17, 15) is 28.3 Å². The average Bonchev–Trinajstić information content (AvgIpc) is 2.89. The van der Waals surface area contributed by atoms with E-state index in [0.29, 0.717) is 16.5 Å². The van der Waals surface area contributed by atoms with Crippen LogP contribution in [0.1, 0.15) is 27.2 Å². The van der Waals surface area contributed by atoms with Crippen LogP contribution >= 0.6 is 0 Å². The van der Waals surface area contributed by atoms with Gasteiger partial charge in [-0.3, -0.25) is 0 Å². The number of aromatic carboxylic acids is 1. The van der Waals surface area contributed by atoms with Crippen molar-refractivity contribution >= 4 is 16.9 Å². The van der Waals surface area contributed by atoms with Gasteiger partial charge in [0.05, 0.1) is 11.1 Å². The topological polar surface area (TPSA) is 75.3 Å². The van der Waals surface area contributed by atoms with Crippen molar-refractivity contribution in [1.82, 2.24) is 4.57 Å². The number of nitrogens with zero attached hydrogens (tertiary/aromatic N) is 2. The normalized spacial score (nSPS) is 11.4. The lowest BCUT2D eigenvalue weighted by Crippen LogP contribution is -2.17. The van der Waals surface area contributed by atoms with Crippen LogP contribution in [-0.4, -0.2) is 22.0 Å². The molecule has 0 radical (unpaired) electrons. The maximum absolute atomic E-state index is 12.4. The molecule has 1 aromatic heterocycles. The van der Waals surface area contributed by atoms with Crippen LogP contribution in [0.15, 0.2) is 42.5 Å². The summed E-state index contributed by atoms with van der Waals surface area (Å²) >= 11 is 0.